The fourth-order valence-corrected chi connectivity index (χ4v) is 4.12. The number of carboxylic acids is 2. The number of likely N-dealkylation sites (tertiary alicyclic amines) is 1. The third-order valence-corrected chi connectivity index (χ3v) is 5.84. The molecule has 4 heterocycles. The van der Waals surface area contributed by atoms with Crippen LogP contribution in [0.4, 0.5) is 26.3 Å². The van der Waals surface area contributed by atoms with E-state index in [1.165, 1.54) is 0 Å². The van der Waals surface area contributed by atoms with Gasteiger partial charge >= 0.3 is 30.3 Å². The number of pyridine rings is 1. The van der Waals surface area contributed by atoms with Gasteiger partial charge in [0.1, 0.15) is 0 Å². The molecule has 11 nitrogen and oxygen atoms in total. The van der Waals surface area contributed by atoms with E-state index in [-0.39, 0.29) is 5.60 Å². The van der Waals surface area contributed by atoms with Gasteiger partial charge in [0, 0.05) is 50.4 Å². The lowest BCUT2D eigenvalue weighted by atomic mass is 9.79. The van der Waals surface area contributed by atoms with Crippen molar-refractivity contribution in [3.63, 3.8) is 0 Å². The standard InChI is InChI=1S/C20H26N4O3.2C2HF3O2/c1-25-18-17(4-2-7-21-18)13-24-14-20(15-24)12-16(6-11-27-20)5-10-26-19-22-8-3-9-23-19;2*3-2(4,5)1(6)7/h2-4,7-9,16H,5-6,10-15H2,1H3;2*(H,6,7). The van der Waals surface area contributed by atoms with Gasteiger partial charge in [-0.3, -0.25) is 4.90 Å². The topological polar surface area (TPSA) is 144 Å². The summed E-state index contributed by atoms with van der Waals surface area (Å²) in [5.74, 6) is -4.18. The Labute approximate surface area is 230 Å². The number of carbonyl (C=O) groups is 2. The van der Waals surface area contributed by atoms with Gasteiger partial charge in [-0.2, -0.15) is 26.3 Å². The van der Waals surface area contributed by atoms with Crippen molar-refractivity contribution >= 4 is 11.9 Å². The smallest absolute Gasteiger partial charge is 0.481 e. The van der Waals surface area contributed by atoms with Crippen LogP contribution in [-0.2, 0) is 20.9 Å². The Morgan fingerprint density at radius 2 is 1.59 bits per heavy atom. The average molecular weight is 598 g/mol. The van der Waals surface area contributed by atoms with E-state index in [1.807, 2.05) is 6.07 Å². The SMILES string of the molecule is COc1ncccc1CN1CC2(CC(CCOc3ncccn3)CCO2)C1.O=C(O)C(F)(F)F.O=C(O)C(F)(F)F. The first-order chi connectivity index (χ1) is 19.1. The Kier molecular flexibility index (Phi) is 12.1. The summed E-state index contributed by atoms with van der Waals surface area (Å²) in [4.78, 5) is 32.7. The lowest BCUT2D eigenvalue weighted by molar-refractivity contribution is -0.193. The summed E-state index contributed by atoms with van der Waals surface area (Å²) in [5.41, 5.74) is 1.13. The second-order valence-corrected chi connectivity index (χ2v) is 8.98. The summed E-state index contributed by atoms with van der Waals surface area (Å²) < 4.78 is 80.7. The highest BCUT2D eigenvalue weighted by Crippen LogP contribution is 2.39. The Morgan fingerprint density at radius 3 is 2.12 bits per heavy atom. The van der Waals surface area contributed by atoms with Gasteiger partial charge in [-0.05, 0) is 37.3 Å². The van der Waals surface area contributed by atoms with Crippen molar-refractivity contribution in [2.24, 2.45) is 5.92 Å². The number of methoxy groups -OCH3 is 1. The molecule has 2 saturated heterocycles. The molecule has 2 N–H and O–H groups in total. The van der Waals surface area contributed by atoms with Crippen molar-refractivity contribution in [2.75, 3.05) is 33.4 Å². The van der Waals surface area contributed by atoms with Crippen LogP contribution in [0.1, 0.15) is 24.8 Å². The number of nitrogens with zero attached hydrogens (tertiary/aromatic N) is 4. The average Bonchev–Trinajstić information content (AvgIpc) is 2.89. The van der Waals surface area contributed by atoms with Crippen molar-refractivity contribution in [1.29, 1.82) is 0 Å². The third-order valence-electron chi connectivity index (χ3n) is 5.84. The van der Waals surface area contributed by atoms with Crippen LogP contribution in [0.15, 0.2) is 36.8 Å². The minimum Gasteiger partial charge on any atom is -0.481 e. The van der Waals surface area contributed by atoms with Crippen LogP contribution in [0, 0.1) is 5.92 Å². The molecule has 41 heavy (non-hydrogen) atoms. The maximum Gasteiger partial charge on any atom is 0.490 e. The van der Waals surface area contributed by atoms with Crippen LogP contribution in [0.25, 0.3) is 0 Å². The van der Waals surface area contributed by atoms with Gasteiger partial charge in [0.2, 0.25) is 5.88 Å². The molecule has 2 aliphatic rings. The molecule has 0 radical (unpaired) electrons. The van der Waals surface area contributed by atoms with Crippen LogP contribution in [-0.4, -0.2) is 93.4 Å². The molecule has 0 bridgehead atoms. The number of hydrogen-bond acceptors (Lipinski definition) is 9. The van der Waals surface area contributed by atoms with Crippen LogP contribution >= 0.6 is 0 Å². The summed E-state index contributed by atoms with van der Waals surface area (Å²) in [6.07, 6.45) is -1.81. The molecule has 1 atom stereocenters. The number of aromatic nitrogens is 3. The van der Waals surface area contributed by atoms with E-state index in [0.29, 0.717) is 24.4 Å². The Morgan fingerprint density at radius 1 is 1.02 bits per heavy atom. The number of ether oxygens (including phenoxy) is 3. The predicted molar refractivity (Wildman–Crippen MR) is 127 cm³/mol. The van der Waals surface area contributed by atoms with Crippen LogP contribution in [0.5, 0.6) is 11.9 Å². The molecule has 4 rings (SSSR count). The van der Waals surface area contributed by atoms with E-state index in [4.69, 9.17) is 34.0 Å². The van der Waals surface area contributed by atoms with E-state index in [2.05, 4.69) is 25.9 Å². The van der Waals surface area contributed by atoms with Gasteiger partial charge in [-0.15, -0.1) is 0 Å². The van der Waals surface area contributed by atoms with Gasteiger partial charge in [-0.25, -0.2) is 24.5 Å². The van der Waals surface area contributed by atoms with E-state index in [1.54, 1.807) is 31.8 Å². The van der Waals surface area contributed by atoms with Crippen molar-refractivity contribution in [3.8, 4) is 11.9 Å². The van der Waals surface area contributed by atoms with Gasteiger partial charge in [0.05, 0.1) is 19.3 Å². The molecule has 0 saturated carbocycles. The van der Waals surface area contributed by atoms with E-state index >= 15 is 0 Å². The predicted octanol–water partition coefficient (Wildman–Crippen LogP) is 3.60. The number of halogens is 6. The molecule has 0 aliphatic carbocycles. The van der Waals surface area contributed by atoms with Crippen LogP contribution < -0.4 is 9.47 Å². The molecule has 2 aliphatic heterocycles. The molecule has 17 heteroatoms. The fourth-order valence-electron chi connectivity index (χ4n) is 4.12. The highest BCUT2D eigenvalue weighted by atomic mass is 19.4. The Hall–Kier alpha value is -3.73. The van der Waals surface area contributed by atoms with E-state index in [0.717, 1.165) is 51.1 Å². The molecular formula is C24H28F6N4O7. The summed E-state index contributed by atoms with van der Waals surface area (Å²) in [5, 5.41) is 14.2. The second-order valence-electron chi connectivity index (χ2n) is 8.98. The van der Waals surface area contributed by atoms with Crippen molar-refractivity contribution in [1.82, 2.24) is 19.9 Å². The summed E-state index contributed by atoms with van der Waals surface area (Å²) in [7, 11) is 1.67. The highest BCUT2D eigenvalue weighted by molar-refractivity contribution is 5.73. The largest absolute Gasteiger partial charge is 0.490 e. The molecule has 1 spiro atoms. The first kappa shape index (κ1) is 33.5. The molecule has 2 fully saturated rings. The summed E-state index contributed by atoms with van der Waals surface area (Å²) >= 11 is 0. The quantitative estimate of drug-likeness (QED) is 0.451. The van der Waals surface area contributed by atoms with Gasteiger partial charge in [0.15, 0.2) is 0 Å². The number of alkyl halides is 6. The summed E-state index contributed by atoms with van der Waals surface area (Å²) in [6, 6.07) is 6.28. The zero-order valence-corrected chi connectivity index (χ0v) is 21.7. The number of rotatable bonds is 7. The monoisotopic (exact) mass is 598 g/mol. The van der Waals surface area contributed by atoms with E-state index in [9.17, 15) is 26.3 Å². The van der Waals surface area contributed by atoms with Crippen molar-refractivity contribution in [2.45, 2.75) is 43.8 Å². The van der Waals surface area contributed by atoms with Crippen molar-refractivity contribution < 1.29 is 60.4 Å². The highest BCUT2D eigenvalue weighted by Gasteiger charge is 2.47. The lowest BCUT2D eigenvalue weighted by Crippen LogP contribution is -2.64. The molecular weight excluding hydrogens is 570 g/mol. The molecule has 2 aromatic heterocycles. The Balaban J connectivity index is 0.000000349. The number of carboxylic acid groups (broad SMARTS) is 2. The number of hydrogen-bond donors (Lipinski definition) is 2. The lowest BCUT2D eigenvalue weighted by Gasteiger charge is -2.53. The maximum atomic E-state index is 10.6. The molecule has 228 valence electrons. The second kappa shape index (κ2) is 14.8. The fraction of sp³-hybridized carbons (Fsp3) is 0.542. The number of aliphatic carboxylic acids is 2. The first-order valence-electron chi connectivity index (χ1n) is 12.0. The van der Waals surface area contributed by atoms with Gasteiger partial charge in [0.25, 0.3) is 0 Å². The zero-order chi connectivity index (χ0) is 30.7. The minimum atomic E-state index is -5.08. The summed E-state index contributed by atoms with van der Waals surface area (Å²) in [6.45, 7) is 4.26. The van der Waals surface area contributed by atoms with Gasteiger partial charge < -0.3 is 24.4 Å². The van der Waals surface area contributed by atoms with Crippen molar-refractivity contribution in [3.05, 3.63) is 42.4 Å². The van der Waals surface area contributed by atoms with Gasteiger partial charge in [-0.1, -0.05) is 6.07 Å². The van der Waals surface area contributed by atoms with Crippen LogP contribution in [0.3, 0.4) is 0 Å². The maximum absolute atomic E-state index is 10.6. The normalized spacial score (nSPS) is 18.1. The minimum absolute atomic E-state index is 0.00159. The molecule has 2 aromatic rings. The van der Waals surface area contributed by atoms with Crippen LogP contribution in [0.2, 0.25) is 0 Å². The Bertz CT molecular complexity index is 1090. The molecule has 1 unspecified atom stereocenters. The molecule has 0 aromatic carbocycles. The molecule has 0 amide bonds. The van der Waals surface area contributed by atoms with E-state index < -0.39 is 24.3 Å². The zero-order valence-electron chi connectivity index (χ0n) is 21.7. The first-order valence-corrected chi connectivity index (χ1v) is 12.0. The third kappa shape index (κ3) is 11.3.